The van der Waals surface area contributed by atoms with E-state index in [9.17, 15) is 0 Å². The number of guanidine groups is 1. The molecule has 154 valence electrons. The van der Waals surface area contributed by atoms with Gasteiger partial charge in [0.25, 0.3) is 0 Å². The highest BCUT2D eigenvalue weighted by Crippen LogP contribution is 2.25. The minimum atomic E-state index is 0. The minimum Gasteiger partial charge on any atom is -0.355 e. The maximum atomic E-state index is 4.59. The van der Waals surface area contributed by atoms with Gasteiger partial charge in [0.05, 0.1) is 0 Å². The summed E-state index contributed by atoms with van der Waals surface area (Å²) >= 11 is 2.12. The SMILES string of the molecule is CN=C(NCC(C(C)C)N1CCN(C)CC1)N1CCSC(C(C)C)C1.I. The lowest BCUT2D eigenvalue weighted by molar-refractivity contribution is 0.0896. The van der Waals surface area contributed by atoms with Crippen molar-refractivity contribution in [1.82, 2.24) is 20.0 Å². The zero-order chi connectivity index (χ0) is 18.4. The third kappa shape index (κ3) is 7.02. The zero-order valence-electron chi connectivity index (χ0n) is 17.6. The second-order valence-corrected chi connectivity index (χ2v) is 9.53. The van der Waals surface area contributed by atoms with Crippen molar-refractivity contribution in [3.8, 4) is 0 Å². The molecule has 0 bridgehead atoms. The smallest absolute Gasteiger partial charge is 0.193 e. The summed E-state index contributed by atoms with van der Waals surface area (Å²) in [6, 6.07) is 0.575. The lowest BCUT2D eigenvalue weighted by atomic mass is 10.0. The fourth-order valence-corrected chi connectivity index (χ4v) is 5.04. The van der Waals surface area contributed by atoms with Gasteiger partial charge in [0.2, 0.25) is 0 Å². The summed E-state index contributed by atoms with van der Waals surface area (Å²) in [7, 11) is 4.15. The Morgan fingerprint density at radius 3 is 2.31 bits per heavy atom. The number of piperazine rings is 1. The van der Waals surface area contributed by atoms with Gasteiger partial charge in [-0.1, -0.05) is 27.7 Å². The molecule has 0 saturated carbocycles. The summed E-state index contributed by atoms with van der Waals surface area (Å²) in [6.07, 6.45) is 0. The predicted octanol–water partition coefficient (Wildman–Crippen LogP) is 2.53. The Morgan fingerprint density at radius 2 is 1.77 bits per heavy atom. The Kier molecular flexibility index (Phi) is 11.2. The van der Waals surface area contributed by atoms with Crippen molar-refractivity contribution < 1.29 is 0 Å². The Labute approximate surface area is 182 Å². The summed E-state index contributed by atoms with van der Waals surface area (Å²) < 4.78 is 0. The second-order valence-electron chi connectivity index (χ2n) is 8.18. The van der Waals surface area contributed by atoms with Crippen molar-refractivity contribution in [2.75, 3.05) is 65.7 Å². The molecule has 2 atom stereocenters. The van der Waals surface area contributed by atoms with E-state index < -0.39 is 0 Å². The van der Waals surface area contributed by atoms with Crippen molar-refractivity contribution in [3.63, 3.8) is 0 Å². The second kappa shape index (κ2) is 12.0. The lowest BCUT2D eigenvalue weighted by Gasteiger charge is -2.41. The molecular weight excluding hydrogens is 457 g/mol. The molecule has 0 aromatic heterocycles. The van der Waals surface area contributed by atoms with Gasteiger partial charge in [-0.2, -0.15) is 11.8 Å². The highest BCUT2D eigenvalue weighted by atomic mass is 127. The topological polar surface area (TPSA) is 34.1 Å². The Bertz CT molecular complexity index is 424. The first-order valence-electron chi connectivity index (χ1n) is 9.92. The Hall–Kier alpha value is 0.270. The molecule has 0 aliphatic carbocycles. The number of thioether (sulfide) groups is 1. The van der Waals surface area contributed by atoms with Crippen molar-refractivity contribution in [2.45, 2.75) is 39.0 Å². The first-order chi connectivity index (χ1) is 11.9. The molecule has 7 heteroatoms. The summed E-state index contributed by atoms with van der Waals surface area (Å²) in [6.45, 7) is 17.3. The normalized spacial score (nSPS) is 24.7. The van der Waals surface area contributed by atoms with Crippen LogP contribution in [0.4, 0.5) is 0 Å². The number of halogens is 1. The van der Waals surface area contributed by atoms with Gasteiger partial charge in [-0.15, -0.1) is 24.0 Å². The summed E-state index contributed by atoms with van der Waals surface area (Å²) in [5, 5.41) is 4.41. The molecule has 26 heavy (non-hydrogen) atoms. The third-order valence-electron chi connectivity index (χ3n) is 5.59. The third-order valence-corrected chi connectivity index (χ3v) is 7.13. The van der Waals surface area contributed by atoms with Crippen LogP contribution in [-0.2, 0) is 0 Å². The fraction of sp³-hybridized carbons (Fsp3) is 0.947. The summed E-state index contributed by atoms with van der Waals surface area (Å²) in [4.78, 5) is 12.1. The average molecular weight is 498 g/mol. The molecule has 2 saturated heterocycles. The molecule has 5 nitrogen and oxygen atoms in total. The van der Waals surface area contributed by atoms with Gasteiger partial charge in [-0.05, 0) is 18.9 Å². The van der Waals surface area contributed by atoms with E-state index in [1.54, 1.807) is 0 Å². The largest absolute Gasteiger partial charge is 0.355 e. The van der Waals surface area contributed by atoms with Gasteiger partial charge in [0.15, 0.2) is 5.96 Å². The number of rotatable bonds is 5. The van der Waals surface area contributed by atoms with E-state index in [0.717, 1.165) is 31.5 Å². The van der Waals surface area contributed by atoms with Crippen molar-refractivity contribution in [1.29, 1.82) is 0 Å². The summed E-state index contributed by atoms with van der Waals surface area (Å²) in [5.41, 5.74) is 0. The van der Waals surface area contributed by atoms with E-state index in [4.69, 9.17) is 0 Å². The number of aliphatic imine (C=N–C) groups is 1. The van der Waals surface area contributed by atoms with E-state index in [2.05, 4.69) is 71.5 Å². The van der Waals surface area contributed by atoms with Crippen molar-refractivity contribution in [3.05, 3.63) is 0 Å². The summed E-state index contributed by atoms with van der Waals surface area (Å²) in [5.74, 6) is 3.66. The van der Waals surface area contributed by atoms with Crippen LogP contribution in [0.25, 0.3) is 0 Å². The molecule has 0 aromatic carbocycles. The molecule has 2 rings (SSSR count). The van der Waals surface area contributed by atoms with Crippen LogP contribution in [0.1, 0.15) is 27.7 Å². The molecule has 1 N–H and O–H groups in total. The van der Waals surface area contributed by atoms with Gasteiger partial charge < -0.3 is 15.1 Å². The Morgan fingerprint density at radius 1 is 1.12 bits per heavy atom. The van der Waals surface area contributed by atoms with Crippen LogP contribution in [0.3, 0.4) is 0 Å². The first-order valence-corrected chi connectivity index (χ1v) is 11.0. The van der Waals surface area contributed by atoms with Gasteiger partial charge >= 0.3 is 0 Å². The molecule has 0 aromatic rings. The molecule has 0 radical (unpaired) electrons. The number of hydrogen-bond donors (Lipinski definition) is 1. The average Bonchev–Trinajstić information content (AvgIpc) is 2.60. The molecule has 0 spiro atoms. The van der Waals surface area contributed by atoms with E-state index in [1.807, 2.05) is 7.05 Å². The maximum absolute atomic E-state index is 4.59. The van der Waals surface area contributed by atoms with Crippen LogP contribution in [0.15, 0.2) is 4.99 Å². The van der Waals surface area contributed by atoms with Gasteiger partial charge in [0.1, 0.15) is 0 Å². The van der Waals surface area contributed by atoms with Gasteiger partial charge in [-0.3, -0.25) is 9.89 Å². The maximum Gasteiger partial charge on any atom is 0.193 e. The monoisotopic (exact) mass is 497 g/mol. The highest BCUT2D eigenvalue weighted by molar-refractivity contribution is 14.0. The van der Waals surface area contributed by atoms with Crippen LogP contribution in [0.5, 0.6) is 0 Å². The van der Waals surface area contributed by atoms with Crippen LogP contribution in [0, 0.1) is 11.8 Å². The quantitative estimate of drug-likeness (QED) is 0.359. The van der Waals surface area contributed by atoms with Gasteiger partial charge in [0, 0.05) is 69.9 Å². The molecule has 0 amide bonds. The molecule has 2 heterocycles. The van der Waals surface area contributed by atoms with Crippen LogP contribution < -0.4 is 5.32 Å². The van der Waals surface area contributed by atoms with E-state index >= 15 is 0 Å². The minimum absolute atomic E-state index is 0. The Balaban J connectivity index is 0.00000338. The molecule has 2 aliphatic heterocycles. The number of hydrogen-bond acceptors (Lipinski definition) is 4. The standard InChI is InChI=1S/C19H39N5S.HI/c1-15(2)17(23-9-7-22(6)8-10-23)13-21-19(20-5)24-11-12-25-18(14-24)16(3)4;/h15-18H,7-14H2,1-6H3,(H,20,21);1H. The van der Waals surface area contributed by atoms with Crippen LogP contribution in [0.2, 0.25) is 0 Å². The number of likely N-dealkylation sites (N-methyl/N-ethyl adjacent to an activating group) is 1. The highest BCUT2D eigenvalue weighted by Gasteiger charge is 2.28. The van der Waals surface area contributed by atoms with E-state index in [1.165, 1.54) is 31.9 Å². The fourth-order valence-electron chi connectivity index (χ4n) is 3.74. The predicted molar refractivity (Wildman–Crippen MR) is 127 cm³/mol. The lowest BCUT2D eigenvalue weighted by Crippen LogP contribution is -2.56. The number of nitrogens with zero attached hydrogens (tertiary/aromatic N) is 4. The van der Waals surface area contributed by atoms with Crippen LogP contribution in [-0.4, -0.2) is 97.6 Å². The van der Waals surface area contributed by atoms with E-state index in [-0.39, 0.29) is 24.0 Å². The molecular formula is C19H40IN5S. The van der Waals surface area contributed by atoms with E-state index in [0.29, 0.717) is 17.2 Å². The number of nitrogens with one attached hydrogen (secondary N) is 1. The zero-order valence-corrected chi connectivity index (χ0v) is 20.7. The molecule has 2 aliphatic rings. The van der Waals surface area contributed by atoms with Crippen molar-refractivity contribution in [2.24, 2.45) is 16.8 Å². The van der Waals surface area contributed by atoms with Gasteiger partial charge in [-0.25, -0.2) is 0 Å². The molecule has 2 fully saturated rings. The first kappa shape index (κ1) is 24.3. The van der Waals surface area contributed by atoms with Crippen molar-refractivity contribution >= 4 is 41.7 Å². The molecule has 2 unspecified atom stereocenters. The van der Waals surface area contributed by atoms with Crippen LogP contribution >= 0.6 is 35.7 Å².